The quantitative estimate of drug-likeness (QED) is 0.0257. The normalized spacial score (nSPS) is 14.5. The Morgan fingerprint density at radius 1 is 0.257 bits per heavy atom. The van der Waals surface area contributed by atoms with Gasteiger partial charge in [0.25, 0.3) is 0 Å². The molecular weight excluding hydrogens is 1740 g/mol. The molecule has 13 atom stereocenters. The Kier molecular flexibility index (Phi) is 35.4. The number of nitrogens with two attached hydrogens (primary N) is 5. The molecule has 0 spiro atoms. The van der Waals surface area contributed by atoms with Crippen molar-refractivity contribution in [3.63, 3.8) is 0 Å². The number of para-hydroxylation sites is 6. The van der Waals surface area contributed by atoms with Crippen molar-refractivity contribution in [2.24, 2.45) is 40.5 Å². The number of amides is 12. The molecule has 37 nitrogen and oxygen atoms in total. The van der Waals surface area contributed by atoms with Crippen LogP contribution in [0, 0.1) is 11.8 Å². The fourth-order valence-corrected chi connectivity index (χ4v) is 17.0. The van der Waals surface area contributed by atoms with E-state index in [2.05, 4.69) is 93.7 Å². The minimum Gasteiger partial charge on any atom is -0.480 e. The molecule has 720 valence electrons. The molecule has 136 heavy (non-hydrogen) atoms. The number of H-pyrrole nitrogens is 6. The van der Waals surface area contributed by atoms with E-state index in [9.17, 15) is 38.7 Å². The molecule has 6 heterocycles. The van der Waals surface area contributed by atoms with Gasteiger partial charge in [-0.1, -0.05) is 137 Å². The van der Waals surface area contributed by atoms with Crippen molar-refractivity contribution < 1.29 is 67.4 Å². The number of aliphatic carboxylic acids is 1. The van der Waals surface area contributed by atoms with E-state index in [1.54, 1.807) is 83.1 Å². The number of benzene rings is 6. The third kappa shape index (κ3) is 26.1. The number of aromatic amines is 6. The maximum atomic E-state index is 15.4. The summed E-state index contributed by atoms with van der Waals surface area (Å²) < 4.78 is 0. The zero-order chi connectivity index (χ0) is 97.2. The average molecular weight is 1860 g/mol. The lowest BCUT2D eigenvalue weighted by Crippen LogP contribution is -2.61. The minimum atomic E-state index is -1.49. The van der Waals surface area contributed by atoms with Crippen LogP contribution in [-0.4, -0.2) is 217 Å². The summed E-state index contributed by atoms with van der Waals surface area (Å²) in [5.41, 5.74) is 39.0. The molecule has 12 aromatic rings. The van der Waals surface area contributed by atoms with Crippen molar-refractivity contribution in [3.8, 4) is 0 Å². The second kappa shape index (κ2) is 47.9. The summed E-state index contributed by atoms with van der Waals surface area (Å²) in [6, 6.07) is 26.0. The first-order chi connectivity index (χ1) is 65.5. The number of carbonyl (C=O) groups excluding carboxylic acids is 12. The second-order valence-corrected chi connectivity index (χ2v) is 35.3. The van der Waals surface area contributed by atoms with Crippen LogP contribution in [-0.2, 0) is 101 Å². The molecule has 0 fully saturated rings. The number of rotatable bonds is 51. The van der Waals surface area contributed by atoms with Crippen LogP contribution in [0.1, 0.15) is 119 Å². The highest BCUT2D eigenvalue weighted by atomic mass is 16.4. The predicted octanol–water partition coefficient (Wildman–Crippen LogP) is 3.85. The molecular formula is C99H125N23O14. The average Bonchev–Trinajstić information content (AvgIpc) is 1.59. The van der Waals surface area contributed by atoms with E-state index in [0.29, 0.717) is 61.4 Å². The van der Waals surface area contributed by atoms with Gasteiger partial charge in [0.15, 0.2) is 0 Å². The number of carbonyl (C=O) groups is 13. The highest BCUT2D eigenvalue weighted by Gasteiger charge is 2.40. The summed E-state index contributed by atoms with van der Waals surface area (Å²) in [7, 11) is 0. The molecule has 0 bridgehead atoms. The van der Waals surface area contributed by atoms with Gasteiger partial charge < -0.3 is 127 Å². The molecule has 0 saturated heterocycles. The van der Waals surface area contributed by atoms with Crippen LogP contribution < -0.4 is 92.5 Å². The van der Waals surface area contributed by atoms with E-state index in [-0.39, 0.29) is 110 Å². The third-order valence-corrected chi connectivity index (χ3v) is 24.7. The van der Waals surface area contributed by atoms with Gasteiger partial charge in [0.2, 0.25) is 70.9 Å². The highest BCUT2D eigenvalue weighted by molar-refractivity contribution is 6.02. The predicted molar refractivity (Wildman–Crippen MR) is 519 cm³/mol. The molecule has 0 radical (unpaired) electrons. The molecule has 0 aliphatic rings. The fraction of sp³-hybridized carbons (Fsp3) is 0.384. The summed E-state index contributed by atoms with van der Waals surface area (Å²) in [4.78, 5) is 211. The first kappa shape index (κ1) is 100. The van der Waals surface area contributed by atoms with Crippen molar-refractivity contribution in [2.75, 3.05) is 26.2 Å². The van der Waals surface area contributed by atoms with Gasteiger partial charge in [-0.25, -0.2) is 4.79 Å². The van der Waals surface area contributed by atoms with E-state index >= 15 is 28.8 Å². The summed E-state index contributed by atoms with van der Waals surface area (Å²) in [5, 5.41) is 48.5. The Hall–Kier alpha value is -14.5. The lowest BCUT2D eigenvalue weighted by atomic mass is 9.99. The molecule has 0 aliphatic heterocycles. The Labute approximate surface area is 785 Å². The van der Waals surface area contributed by atoms with Gasteiger partial charge in [-0.2, -0.15) is 0 Å². The van der Waals surface area contributed by atoms with Crippen LogP contribution in [0.3, 0.4) is 0 Å². The zero-order valence-corrected chi connectivity index (χ0v) is 76.8. The highest BCUT2D eigenvalue weighted by Crippen LogP contribution is 2.27. The van der Waals surface area contributed by atoms with Crippen LogP contribution in [0.15, 0.2) is 183 Å². The van der Waals surface area contributed by atoms with E-state index in [0.717, 1.165) is 43.8 Å². The summed E-state index contributed by atoms with van der Waals surface area (Å²) >= 11 is 0. The van der Waals surface area contributed by atoms with Crippen molar-refractivity contribution in [3.05, 3.63) is 216 Å². The third-order valence-electron chi connectivity index (χ3n) is 24.7. The summed E-state index contributed by atoms with van der Waals surface area (Å²) in [6.07, 6.45) is 10.4. The fourth-order valence-electron chi connectivity index (χ4n) is 17.0. The van der Waals surface area contributed by atoms with Crippen molar-refractivity contribution >= 4 is 142 Å². The summed E-state index contributed by atoms with van der Waals surface area (Å²) in [5.74, 6) is -12.4. The number of nitrogens with one attached hydrogen (secondary N) is 18. The second-order valence-electron chi connectivity index (χ2n) is 35.3. The lowest BCUT2D eigenvalue weighted by molar-refractivity contribution is -0.142. The Balaban J connectivity index is 0.745. The number of carboxylic acids is 1. The van der Waals surface area contributed by atoms with Gasteiger partial charge in [0, 0.05) is 135 Å². The lowest BCUT2D eigenvalue weighted by Gasteiger charge is -2.29. The van der Waals surface area contributed by atoms with E-state index in [4.69, 9.17) is 28.7 Å². The topological polar surface area (TPSA) is 611 Å². The number of hydrogen-bond acceptors (Lipinski definition) is 18. The van der Waals surface area contributed by atoms with Crippen LogP contribution in [0.2, 0.25) is 0 Å². The molecule has 12 amide bonds. The van der Waals surface area contributed by atoms with Gasteiger partial charge in [0.05, 0.1) is 6.04 Å². The SMILES string of the molecule is CC(C)[C@H](NC(=O)[C@H](CCCN)NC(=O)[C@H](Cc1c[nH]c2ccccc12)NC(=O)[C@H](Cc1c[nH]c2ccccc12)NC(=O)[C@H](CCCN)NC(=O)[C@@H](N)Cc1c[nH]c2ccccc12)C(=O)N[C@@H](C)C(=O)N[C@@H](Cc1c[nH]c2ccccc12)C(=O)N[C@@H](CCCN)C(=O)N[C@@H](Cc1c[nH]c2ccccc12)C(=O)N[C@H](C(=O)N[C@@H](CCCN)C(=O)N[C@@H](Cc1c[nH]c2ccccc12)C(=O)O)C(C)C. The van der Waals surface area contributed by atoms with E-state index < -0.39 is 167 Å². The minimum absolute atomic E-state index is 0.00274. The van der Waals surface area contributed by atoms with E-state index in [1.165, 1.54) is 6.92 Å². The molecule has 0 aliphatic carbocycles. The van der Waals surface area contributed by atoms with Gasteiger partial charge in [-0.05, 0) is 173 Å². The molecule has 6 aromatic carbocycles. The molecule has 0 unspecified atom stereocenters. The molecule has 0 saturated carbocycles. The Morgan fingerprint density at radius 3 is 0.735 bits per heavy atom. The Bertz CT molecular complexity index is 6200. The first-order valence-electron chi connectivity index (χ1n) is 46.2. The first-order valence-corrected chi connectivity index (χ1v) is 46.2. The monoisotopic (exact) mass is 1860 g/mol. The van der Waals surface area contributed by atoms with Gasteiger partial charge in [-0.15, -0.1) is 0 Å². The number of carboxylic acid groups (broad SMARTS) is 1. The zero-order valence-electron chi connectivity index (χ0n) is 76.8. The van der Waals surface area contributed by atoms with E-state index in [1.807, 2.05) is 127 Å². The number of fused-ring (bicyclic) bond motifs is 6. The van der Waals surface area contributed by atoms with Crippen LogP contribution >= 0.6 is 0 Å². The molecule has 6 aromatic heterocycles. The van der Waals surface area contributed by atoms with Crippen molar-refractivity contribution in [1.29, 1.82) is 0 Å². The maximum absolute atomic E-state index is 15.4. The van der Waals surface area contributed by atoms with Crippen molar-refractivity contribution in [1.82, 2.24) is 93.7 Å². The molecule has 12 rings (SSSR count). The van der Waals surface area contributed by atoms with Gasteiger partial charge in [0.1, 0.15) is 72.5 Å². The Morgan fingerprint density at radius 2 is 0.463 bits per heavy atom. The standard InChI is InChI=1S/C99H125N23O14/c1-54(2)85(121-92(128)79(37-21-41-103)114-94(130)81(44-59-50-107-72-30-14-8-24-65(59)72)119-95(131)82(45-60-51-108-73-31-15-9-25-66(60)73)117-89(125)76(34-18-38-100)112-88(124)69(104)42-57-48-105-70-28-12-6-22-63(57)70)97(133)111-56(5)87(123)116-80(43-58-49-106-71-29-13-7-23-64(58)71)93(129)113-77(35-19-39-101)90(126)118-83(46-61-52-109-74-32-16-10-26-67(61)74)96(132)122-86(55(3)4)98(134)115-78(36-20-40-102)91(127)120-84(99(135)136)47-62-53-110-75-33-17-11-27-68(62)75/h6-17,22-33,48-56,69,76-86,105-110H,18-21,34-47,100-104H2,1-5H3,(H,111,133)(H,112,124)(H,113,129)(H,114,130)(H,115,134)(H,116,123)(H,117,125)(H,118,126)(H,119,131)(H,120,127)(H,121,128)(H,122,132)(H,135,136)/t56-,69-,76-,77-,78-,79-,80-,81-,82-,83-,84-,85-,86-/m0/s1. The maximum Gasteiger partial charge on any atom is 0.326 e. The molecule has 37 heteroatoms. The largest absolute Gasteiger partial charge is 0.480 e. The van der Waals surface area contributed by atoms with Gasteiger partial charge >= 0.3 is 5.97 Å². The summed E-state index contributed by atoms with van der Waals surface area (Å²) in [6.45, 7) is 8.36. The number of aromatic nitrogens is 6. The van der Waals surface area contributed by atoms with Crippen LogP contribution in [0.4, 0.5) is 0 Å². The smallest absolute Gasteiger partial charge is 0.326 e. The van der Waals surface area contributed by atoms with Gasteiger partial charge in [-0.3, -0.25) is 57.5 Å². The number of hydrogen-bond donors (Lipinski definition) is 24. The van der Waals surface area contributed by atoms with Crippen LogP contribution in [0.25, 0.3) is 65.4 Å². The molecule has 29 N–H and O–H groups in total. The van der Waals surface area contributed by atoms with Crippen molar-refractivity contribution in [2.45, 2.75) is 203 Å². The van der Waals surface area contributed by atoms with Crippen LogP contribution in [0.5, 0.6) is 0 Å².